The van der Waals surface area contributed by atoms with Crippen molar-refractivity contribution < 1.29 is 4.74 Å². The van der Waals surface area contributed by atoms with Gasteiger partial charge in [-0.3, -0.25) is 4.90 Å². The van der Waals surface area contributed by atoms with Gasteiger partial charge >= 0.3 is 0 Å². The Balaban J connectivity index is 1.43. The molecule has 0 amide bonds. The lowest BCUT2D eigenvalue weighted by Crippen LogP contribution is -2.42. The van der Waals surface area contributed by atoms with Crippen LogP contribution in [-0.2, 0) is 4.74 Å². The van der Waals surface area contributed by atoms with E-state index in [4.69, 9.17) is 21.9 Å². The maximum atomic E-state index is 5.51. The van der Waals surface area contributed by atoms with Crippen molar-refractivity contribution in [2.24, 2.45) is 0 Å². The van der Waals surface area contributed by atoms with E-state index in [1.54, 1.807) is 18.5 Å². The van der Waals surface area contributed by atoms with Crippen LogP contribution in [0.15, 0.2) is 34.7 Å². The number of nitrogens with zero attached hydrogens (tertiary/aromatic N) is 6. The Morgan fingerprint density at radius 3 is 2.78 bits per heavy atom. The molecule has 2 aliphatic rings. The van der Waals surface area contributed by atoms with Crippen molar-refractivity contribution in [1.82, 2.24) is 30.2 Å². The molecular weight excluding hydrogens is 444 g/mol. The molecule has 0 aromatic carbocycles. The largest absolute Gasteiger partial charge is 0.379 e. The maximum absolute atomic E-state index is 5.51. The van der Waals surface area contributed by atoms with E-state index in [-0.39, 0.29) is 0 Å². The van der Waals surface area contributed by atoms with Gasteiger partial charge in [0.25, 0.3) is 0 Å². The number of hydrogen-bond donors (Lipinski definition) is 2. The van der Waals surface area contributed by atoms with E-state index in [1.807, 2.05) is 6.07 Å². The van der Waals surface area contributed by atoms with Gasteiger partial charge in [-0.1, -0.05) is 0 Å². The fraction of sp³-hybridized carbons (Fsp3) is 0.571. The topological polar surface area (TPSA) is 91.3 Å². The second-order valence-corrected chi connectivity index (χ2v) is 9.29. The minimum Gasteiger partial charge on any atom is -0.379 e. The predicted octanol–water partition coefficient (Wildman–Crippen LogP) is 2.42. The van der Waals surface area contributed by atoms with Crippen LogP contribution in [0.3, 0.4) is 0 Å². The Labute approximate surface area is 198 Å². The molecular formula is C21H30N8OS2. The van der Waals surface area contributed by atoms with E-state index in [0.29, 0.717) is 22.3 Å². The highest BCUT2D eigenvalue weighted by Gasteiger charge is 2.21. The Bertz CT molecular complexity index is 881. The molecule has 0 aliphatic carbocycles. The zero-order valence-electron chi connectivity index (χ0n) is 18.4. The van der Waals surface area contributed by atoms with Gasteiger partial charge in [0.2, 0.25) is 5.95 Å². The van der Waals surface area contributed by atoms with Gasteiger partial charge in [-0.2, -0.15) is 4.98 Å². The van der Waals surface area contributed by atoms with Crippen molar-refractivity contribution in [3.05, 3.63) is 24.5 Å². The third-order valence-electron chi connectivity index (χ3n) is 5.57. The fourth-order valence-electron chi connectivity index (χ4n) is 3.84. The molecule has 0 saturated carbocycles. The lowest BCUT2D eigenvalue weighted by Gasteiger charge is -2.34. The standard InChI is InChI=1S/C21H30N8OS2/c1-16-5-2-3-9-29(16)17-15-18(32-21-23-6-4-7-24-21)26-19(25-17)27-20(31)22-8-10-28-11-13-30-14-12-28/h4,6-7,15-16H,2-3,5,8-14H2,1H3,(H2,22,25,26,27,31). The molecule has 2 aromatic heterocycles. The number of morpholine rings is 1. The first-order valence-electron chi connectivity index (χ1n) is 11.1. The van der Waals surface area contributed by atoms with Crippen molar-refractivity contribution in [2.45, 2.75) is 42.4 Å². The Morgan fingerprint density at radius 1 is 1.19 bits per heavy atom. The number of nitrogens with one attached hydrogen (secondary N) is 2. The predicted molar refractivity (Wildman–Crippen MR) is 130 cm³/mol. The summed E-state index contributed by atoms with van der Waals surface area (Å²) in [5, 5.41) is 8.41. The third-order valence-corrected chi connectivity index (χ3v) is 6.63. The first kappa shape index (κ1) is 23.1. The van der Waals surface area contributed by atoms with Crippen LogP contribution in [0.1, 0.15) is 26.2 Å². The maximum Gasteiger partial charge on any atom is 0.232 e. The number of rotatable bonds is 7. The van der Waals surface area contributed by atoms with E-state index in [9.17, 15) is 0 Å². The fourth-order valence-corrected chi connectivity index (χ4v) is 4.74. The van der Waals surface area contributed by atoms with Crippen LogP contribution in [0.5, 0.6) is 0 Å². The molecule has 1 atom stereocenters. The lowest BCUT2D eigenvalue weighted by atomic mass is 10.0. The quantitative estimate of drug-likeness (QED) is 0.352. The van der Waals surface area contributed by atoms with Gasteiger partial charge in [0.1, 0.15) is 10.8 Å². The molecule has 2 N–H and O–H groups in total. The summed E-state index contributed by atoms with van der Waals surface area (Å²) in [5.74, 6) is 1.40. The van der Waals surface area contributed by atoms with E-state index >= 15 is 0 Å². The third kappa shape index (κ3) is 6.71. The zero-order valence-corrected chi connectivity index (χ0v) is 20.0. The number of thiocarbonyl (C=S) groups is 1. The van der Waals surface area contributed by atoms with Gasteiger partial charge in [-0.25, -0.2) is 15.0 Å². The highest BCUT2D eigenvalue weighted by molar-refractivity contribution is 7.99. The van der Waals surface area contributed by atoms with Crippen molar-refractivity contribution in [3.63, 3.8) is 0 Å². The molecule has 0 bridgehead atoms. The summed E-state index contributed by atoms with van der Waals surface area (Å²) < 4.78 is 5.40. The van der Waals surface area contributed by atoms with Gasteiger partial charge in [0.05, 0.1) is 13.2 Å². The van der Waals surface area contributed by atoms with Gasteiger partial charge < -0.3 is 20.3 Å². The highest BCUT2D eigenvalue weighted by Crippen LogP contribution is 2.29. The average molecular weight is 475 g/mol. The summed E-state index contributed by atoms with van der Waals surface area (Å²) >= 11 is 6.93. The molecule has 2 aliphatic heterocycles. The van der Waals surface area contributed by atoms with Crippen LogP contribution in [0.25, 0.3) is 0 Å². The Kier molecular flexibility index (Phi) is 8.43. The van der Waals surface area contributed by atoms with Gasteiger partial charge in [-0.15, -0.1) is 0 Å². The van der Waals surface area contributed by atoms with Gasteiger partial charge in [0.15, 0.2) is 10.3 Å². The summed E-state index contributed by atoms with van der Waals surface area (Å²) in [5.41, 5.74) is 0. The summed E-state index contributed by atoms with van der Waals surface area (Å²) in [6, 6.07) is 4.26. The zero-order chi connectivity index (χ0) is 22.2. The molecule has 0 radical (unpaired) electrons. The van der Waals surface area contributed by atoms with Crippen molar-refractivity contribution >= 4 is 40.9 Å². The van der Waals surface area contributed by atoms with Gasteiger partial charge in [0, 0.05) is 57.2 Å². The normalized spacial score (nSPS) is 19.5. The van der Waals surface area contributed by atoms with Crippen molar-refractivity contribution in [3.8, 4) is 0 Å². The molecule has 4 heterocycles. The number of aromatic nitrogens is 4. The van der Waals surface area contributed by atoms with Crippen LogP contribution in [0.2, 0.25) is 0 Å². The van der Waals surface area contributed by atoms with Crippen LogP contribution in [0, 0.1) is 0 Å². The Morgan fingerprint density at radius 2 is 2.00 bits per heavy atom. The number of piperidine rings is 1. The lowest BCUT2D eigenvalue weighted by molar-refractivity contribution is 0.0389. The minimum absolute atomic E-state index is 0.441. The van der Waals surface area contributed by atoms with Crippen molar-refractivity contribution in [1.29, 1.82) is 0 Å². The summed E-state index contributed by atoms with van der Waals surface area (Å²) in [6.45, 7) is 8.43. The van der Waals surface area contributed by atoms with Crippen LogP contribution >= 0.6 is 24.0 Å². The summed E-state index contributed by atoms with van der Waals surface area (Å²) in [7, 11) is 0. The van der Waals surface area contributed by atoms with Gasteiger partial charge in [-0.05, 0) is 56.2 Å². The van der Waals surface area contributed by atoms with E-state index < -0.39 is 0 Å². The molecule has 2 aromatic rings. The average Bonchev–Trinajstić information content (AvgIpc) is 2.80. The number of ether oxygens (including phenoxy) is 1. The molecule has 11 heteroatoms. The molecule has 4 rings (SSSR count). The van der Waals surface area contributed by atoms with Crippen LogP contribution < -0.4 is 15.5 Å². The minimum atomic E-state index is 0.441. The SMILES string of the molecule is CC1CCCCN1c1cc(Sc2ncccn2)nc(NC(=S)NCCN2CCOCC2)n1. The molecule has 172 valence electrons. The molecule has 2 fully saturated rings. The number of hydrogen-bond acceptors (Lipinski definition) is 9. The highest BCUT2D eigenvalue weighted by atomic mass is 32.2. The van der Waals surface area contributed by atoms with E-state index in [0.717, 1.165) is 56.8 Å². The molecule has 32 heavy (non-hydrogen) atoms. The summed E-state index contributed by atoms with van der Waals surface area (Å²) in [6.07, 6.45) is 7.06. The molecule has 2 saturated heterocycles. The first-order valence-corrected chi connectivity index (χ1v) is 12.4. The first-order chi connectivity index (χ1) is 15.7. The second kappa shape index (κ2) is 11.7. The summed E-state index contributed by atoms with van der Waals surface area (Å²) in [4.78, 5) is 22.8. The van der Waals surface area contributed by atoms with Crippen LogP contribution in [-0.4, -0.2) is 81.9 Å². The second-order valence-electron chi connectivity index (χ2n) is 7.89. The van der Waals surface area contributed by atoms with E-state index in [2.05, 4.69) is 42.3 Å². The smallest absolute Gasteiger partial charge is 0.232 e. The number of anilines is 2. The molecule has 0 spiro atoms. The van der Waals surface area contributed by atoms with E-state index in [1.165, 1.54) is 31.0 Å². The Hall–Kier alpha value is -2.08. The molecule has 9 nitrogen and oxygen atoms in total. The molecule has 1 unspecified atom stereocenters. The van der Waals surface area contributed by atoms with Crippen molar-refractivity contribution in [2.75, 3.05) is 56.2 Å². The monoisotopic (exact) mass is 474 g/mol. The van der Waals surface area contributed by atoms with Crippen LogP contribution in [0.4, 0.5) is 11.8 Å².